The summed E-state index contributed by atoms with van der Waals surface area (Å²) in [6.45, 7) is 5.64. The van der Waals surface area contributed by atoms with Gasteiger partial charge in [-0.25, -0.2) is 4.98 Å². The van der Waals surface area contributed by atoms with Crippen molar-refractivity contribution in [3.05, 3.63) is 24.0 Å². The van der Waals surface area contributed by atoms with Crippen molar-refractivity contribution < 1.29 is 0 Å². The Morgan fingerprint density at radius 2 is 2.17 bits per heavy atom. The van der Waals surface area contributed by atoms with E-state index >= 15 is 0 Å². The number of anilines is 1. The summed E-state index contributed by atoms with van der Waals surface area (Å²) >= 11 is 0. The highest BCUT2D eigenvalue weighted by Gasteiger charge is 2.28. The van der Waals surface area contributed by atoms with Crippen LogP contribution in [-0.4, -0.2) is 36.6 Å². The van der Waals surface area contributed by atoms with E-state index in [4.69, 9.17) is 5.26 Å². The molecule has 2 heterocycles. The molecule has 0 spiro atoms. The normalized spacial score (nSPS) is 19.2. The Hall–Kier alpha value is -1.60. The predicted molar refractivity (Wildman–Crippen MR) is 72.3 cm³/mol. The molecular weight excluding hydrogens is 224 g/mol. The largest absolute Gasteiger partial charge is 0.383 e. The third-order valence-corrected chi connectivity index (χ3v) is 3.79. The van der Waals surface area contributed by atoms with Crippen LogP contribution in [0.15, 0.2) is 18.3 Å². The second-order valence-corrected chi connectivity index (χ2v) is 5.51. The van der Waals surface area contributed by atoms with Crippen molar-refractivity contribution in [2.45, 2.75) is 19.8 Å². The third kappa shape index (κ3) is 3.21. The monoisotopic (exact) mass is 244 g/mol. The van der Waals surface area contributed by atoms with Gasteiger partial charge >= 0.3 is 0 Å². The minimum Gasteiger partial charge on any atom is -0.383 e. The summed E-state index contributed by atoms with van der Waals surface area (Å²) in [4.78, 5) is 6.44. The van der Waals surface area contributed by atoms with Gasteiger partial charge in [0.2, 0.25) is 0 Å². The zero-order valence-electron chi connectivity index (χ0n) is 11.1. The van der Waals surface area contributed by atoms with Gasteiger partial charge in [0.05, 0.1) is 11.9 Å². The summed E-state index contributed by atoms with van der Waals surface area (Å²) in [5.74, 6) is 0. The van der Waals surface area contributed by atoms with Crippen LogP contribution in [0.5, 0.6) is 0 Å². The number of pyridine rings is 1. The van der Waals surface area contributed by atoms with Crippen molar-refractivity contribution in [2.75, 3.05) is 32.0 Å². The standard InChI is InChI=1S/C14H20N4/c1-14(5-7-18(2)8-6-14)11-17-13-4-3-12(9-15)16-10-13/h3-4,10,17H,5-8,11H2,1-2H3. The highest BCUT2D eigenvalue weighted by Crippen LogP contribution is 2.30. The Morgan fingerprint density at radius 1 is 1.44 bits per heavy atom. The topological polar surface area (TPSA) is 52.0 Å². The van der Waals surface area contributed by atoms with Crippen LogP contribution >= 0.6 is 0 Å². The number of rotatable bonds is 3. The molecule has 0 saturated carbocycles. The first-order valence-corrected chi connectivity index (χ1v) is 6.40. The zero-order chi connectivity index (χ0) is 13.0. The molecule has 1 N–H and O–H groups in total. The number of nitrogens with one attached hydrogen (secondary N) is 1. The Bertz CT molecular complexity index is 424. The number of likely N-dealkylation sites (tertiary alicyclic amines) is 1. The molecule has 1 aromatic rings. The molecule has 2 rings (SSSR count). The lowest BCUT2D eigenvalue weighted by atomic mass is 9.80. The van der Waals surface area contributed by atoms with Crippen LogP contribution in [-0.2, 0) is 0 Å². The van der Waals surface area contributed by atoms with Gasteiger partial charge in [-0.1, -0.05) is 6.92 Å². The SMILES string of the molecule is CN1CCC(C)(CNc2ccc(C#N)nc2)CC1. The second-order valence-electron chi connectivity index (χ2n) is 5.51. The Labute approximate surface area is 109 Å². The van der Waals surface area contributed by atoms with Crippen molar-refractivity contribution in [1.82, 2.24) is 9.88 Å². The van der Waals surface area contributed by atoms with E-state index < -0.39 is 0 Å². The van der Waals surface area contributed by atoms with Crippen LogP contribution in [0.4, 0.5) is 5.69 Å². The van der Waals surface area contributed by atoms with Crippen LogP contribution in [0.1, 0.15) is 25.5 Å². The summed E-state index contributed by atoms with van der Waals surface area (Å²) < 4.78 is 0. The molecule has 0 aromatic carbocycles. The number of piperidine rings is 1. The number of hydrogen-bond donors (Lipinski definition) is 1. The minimum atomic E-state index is 0.362. The number of hydrogen-bond acceptors (Lipinski definition) is 4. The maximum atomic E-state index is 8.69. The van der Waals surface area contributed by atoms with Crippen molar-refractivity contribution >= 4 is 5.69 Å². The van der Waals surface area contributed by atoms with Gasteiger partial charge in [0.25, 0.3) is 0 Å². The van der Waals surface area contributed by atoms with Gasteiger partial charge < -0.3 is 10.2 Å². The van der Waals surface area contributed by atoms with E-state index in [1.807, 2.05) is 12.1 Å². The van der Waals surface area contributed by atoms with Gasteiger partial charge in [0.1, 0.15) is 11.8 Å². The van der Waals surface area contributed by atoms with Crippen molar-refractivity contribution in [3.8, 4) is 6.07 Å². The highest BCUT2D eigenvalue weighted by molar-refractivity contribution is 5.42. The lowest BCUT2D eigenvalue weighted by Gasteiger charge is -2.38. The number of nitrogens with zero attached hydrogens (tertiary/aromatic N) is 3. The molecule has 1 saturated heterocycles. The maximum absolute atomic E-state index is 8.69. The molecular formula is C14H20N4. The fourth-order valence-electron chi connectivity index (χ4n) is 2.22. The highest BCUT2D eigenvalue weighted by atomic mass is 15.1. The average Bonchev–Trinajstić information content (AvgIpc) is 2.41. The number of aromatic nitrogens is 1. The molecule has 1 aliphatic rings. The quantitative estimate of drug-likeness (QED) is 0.884. The van der Waals surface area contributed by atoms with E-state index in [9.17, 15) is 0 Å². The first-order valence-electron chi connectivity index (χ1n) is 6.40. The molecule has 0 amide bonds. The van der Waals surface area contributed by atoms with E-state index in [1.54, 1.807) is 12.3 Å². The lowest BCUT2D eigenvalue weighted by molar-refractivity contribution is 0.150. The zero-order valence-corrected chi connectivity index (χ0v) is 11.1. The van der Waals surface area contributed by atoms with Crippen molar-refractivity contribution in [3.63, 3.8) is 0 Å². The van der Waals surface area contributed by atoms with Gasteiger partial charge in [-0.15, -0.1) is 0 Å². The molecule has 0 atom stereocenters. The van der Waals surface area contributed by atoms with Crippen LogP contribution < -0.4 is 5.32 Å². The molecule has 0 aliphatic carbocycles. The predicted octanol–water partition coefficient (Wildman–Crippen LogP) is 2.10. The van der Waals surface area contributed by atoms with Gasteiger partial charge in [-0.2, -0.15) is 5.26 Å². The molecule has 1 aromatic heterocycles. The van der Waals surface area contributed by atoms with Gasteiger partial charge in [0.15, 0.2) is 0 Å². The first-order chi connectivity index (χ1) is 8.61. The molecule has 1 fully saturated rings. The Morgan fingerprint density at radius 3 is 2.72 bits per heavy atom. The van der Waals surface area contributed by atoms with E-state index in [2.05, 4.69) is 29.2 Å². The molecule has 0 unspecified atom stereocenters. The molecule has 0 bridgehead atoms. The minimum absolute atomic E-state index is 0.362. The second kappa shape index (κ2) is 5.36. The maximum Gasteiger partial charge on any atom is 0.140 e. The molecule has 1 aliphatic heterocycles. The van der Waals surface area contributed by atoms with E-state index in [0.29, 0.717) is 11.1 Å². The smallest absolute Gasteiger partial charge is 0.140 e. The number of nitriles is 1. The molecule has 4 heteroatoms. The summed E-state index contributed by atoms with van der Waals surface area (Å²) in [6, 6.07) is 5.70. The molecule has 0 radical (unpaired) electrons. The first kappa shape index (κ1) is 12.8. The van der Waals surface area contributed by atoms with Crippen molar-refractivity contribution in [1.29, 1.82) is 5.26 Å². The summed E-state index contributed by atoms with van der Waals surface area (Å²) in [7, 11) is 2.18. The summed E-state index contributed by atoms with van der Waals surface area (Å²) in [5.41, 5.74) is 1.82. The van der Waals surface area contributed by atoms with E-state index in [-0.39, 0.29) is 0 Å². The summed E-state index contributed by atoms with van der Waals surface area (Å²) in [5, 5.41) is 12.1. The third-order valence-electron chi connectivity index (χ3n) is 3.79. The Balaban J connectivity index is 1.89. The van der Waals surface area contributed by atoms with Gasteiger partial charge in [0, 0.05) is 6.54 Å². The fraction of sp³-hybridized carbons (Fsp3) is 0.571. The van der Waals surface area contributed by atoms with E-state index in [0.717, 1.165) is 12.2 Å². The molecule has 4 nitrogen and oxygen atoms in total. The Kier molecular flexibility index (Phi) is 3.83. The molecule has 18 heavy (non-hydrogen) atoms. The van der Waals surface area contributed by atoms with Crippen LogP contribution in [0.2, 0.25) is 0 Å². The van der Waals surface area contributed by atoms with Crippen LogP contribution in [0.3, 0.4) is 0 Å². The summed E-state index contributed by atoms with van der Waals surface area (Å²) in [6.07, 6.45) is 4.18. The fourth-order valence-corrected chi connectivity index (χ4v) is 2.22. The van der Waals surface area contributed by atoms with E-state index in [1.165, 1.54) is 25.9 Å². The average molecular weight is 244 g/mol. The van der Waals surface area contributed by atoms with Gasteiger partial charge in [-0.3, -0.25) is 0 Å². The molecule has 96 valence electrons. The lowest BCUT2D eigenvalue weighted by Crippen LogP contribution is -2.40. The van der Waals surface area contributed by atoms with Crippen LogP contribution in [0.25, 0.3) is 0 Å². The van der Waals surface area contributed by atoms with Crippen molar-refractivity contribution in [2.24, 2.45) is 5.41 Å². The van der Waals surface area contributed by atoms with Gasteiger partial charge in [-0.05, 0) is 50.5 Å². The van der Waals surface area contributed by atoms with Crippen LogP contribution in [0, 0.1) is 16.7 Å².